The van der Waals surface area contributed by atoms with Gasteiger partial charge in [0.25, 0.3) is 11.8 Å². The van der Waals surface area contributed by atoms with Crippen LogP contribution in [0.25, 0.3) is 10.9 Å². The molecular weight excluding hydrogens is 428 g/mol. The van der Waals surface area contributed by atoms with Crippen LogP contribution in [0.4, 0.5) is 13.6 Å². The van der Waals surface area contributed by atoms with Gasteiger partial charge in [0.15, 0.2) is 0 Å². The van der Waals surface area contributed by atoms with Crippen molar-refractivity contribution in [3.05, 3.63) is 35.5 Å². The zero-order valence-corrected chi connectivity index (χ0v) is 19.5. The predicted molar refractivity (Wildman–Crippen MR) is 121 cm³/mol. The van der Waals surface area contributed by atoms with Crippen LogP contribution in [0.2, 0.25) is 0 Å². The fourth-order valence-electron chi connectivity index (χ4n) is 5.73. The number of carbonyl (C=O) groups excluding carboxylic acids is 2. The molecule has 2 aromatic rings. The number of benzene rings is 1. The van der Waals surface area contributed by atoms with Crippen LogP contribution < -0.4 is 0 Å². The number of carbonyl (C=O) groups is 2. The van der Waals surface area contributed by atoms with Crippen molar-refractivity contribution in [2.24, 2.45) is 5.41 Å². The molecule has 2 fully saturated rings. The summed E-state index contributed by atoms with van der Waals surface area (Å²) in [5, 5.41) is 0.944. The van der Waals surface area contributed by atoms with Crippen LogP contribution in [0, 0.1) is 5.41 Å². The number of rotatable bonds is 1. The fourth-order valence-corrected chi connectivity index (χ4v) is 5.73. The van der Waals surface area contributed by atoms with Crippen molar-refractivity contribution < 1.29 is 23.1 Å². The molecule has 6 nitrogen and oxygen atoms in total. The van der Waals surface area contributed by atoms with Crippen molar-refractivity contribution in [1.29, 1.82) is 0 Å². The van der Waals surface area contributed by atoms with E-state index < -0.39 is 29.6 Å². The number of piperidine rings is 1. The molecule has 2 amide bonds. The van der Waals surface area contributed by atoms with Gasteiger partial charge in [-0.15, -0.1) is 0 Å². The molecule has 0 aliphatic carbocycles. The van der Waals surface area contributed by atoms with Gasteiger partial charge < -0.3 is 19.1 Å². The fraction of sp³-hybridized carbons (Fsp3) is 0.600. The number of para-hydroxylation sites is 1. The van der Waals surface area contributed by atoms with E-state index in [1.54, 1.807) is 25.7 Å². The predicted octanol–water partition coefficient (Wildman–Crippen LogP) is 4.70. The Labute approximate surface area is 192 Å². The Balaban J connectivity index is 1.34. The smallest absolute Gasteiger partial charge is 0.410 e. The molecule has 5 rings (SSSR count). The number of hydrogen-bond acceptors (Lipinski definition) is 3. The van der Waals surface area contributed by atoms with E-state index in [1.165, 1.54) is 0 Å². The third kappa shape index (κ3) is 3.58. The SMILES string of the molecule is CC(C)(C)OC(=O)N1CC(F)(F)C2(CCN(C(=O)c3c4n(c5ccccc35)CCC4)CC2)C1. The number of amides is 2. The molecule has 1 spiro atoms. The number of ether oxygens (including phenoxy) is 1. The molecule has 0 radical (unpaired) electrons. The molecular formula is C25H31F2N3O3. The van der Waals surface area contributed by atoms with Crippen LogP contribution in [-0.4, -0.2) is 64.1 Å². The Morgan fingerprint density at radius 1 is 1.00 bits per heavy atom. The zero-order chi connectivity index (χ0) is 23.6. The van der Waals surface area contributed by atoms with Gasteiger partial charge in [-0.25, -0.2) is 13.6 Å². The maximum atomic E-state index is 15.2. The summed E-state index contributed by atoms with van der Waals surface area (Å²) < 4.78 is 37.9. The van der Waals surface area contributed by atoms with E-state index in [9.17, 15) is 9.59 Å². The van der Waals surface area contributed by atoms with Crippen LogP contribution in [0.1, 0.15) is 56.1 Å². The molecule has 0 atom stereocenters. The van der Waals surface area contributed by atoms with Crippen molar-refractivity contribution in [1.82, 2.24) is 14.4 Å². The minimum absolute atomic E-state index is 0.0402. The highest BCUT2D eigenvalue weighted by Crippen LogP contribution is 2.51. The first-order valence-corrected chi connectivity index (χ1v) is 11.8. The van der Waals surface area contributed by atoms with Gasteiger partial charge in [0, 0.05) is 42.8 Å². The lowest BCUT2D eigenvalue weighted by Gasteiger charge is -2.41. The Morgan fingerprint density at radius 3 is 2.39 bits per heavy atom. The molecule has 8 heteroatoms. The molecule has 3 aliphatic rings. The van der Waals surface area contributed by atoms with Gasteiger partial charge in [0.05, 0.1) is 17.5 Å². The molecule has 0 bridgehead atoms. The zero-order valence-electron chi connectivity index (χ0n) is 19.5. The summed E-state index contributed by atoms with van der Waals surface area (Å²) in [7, 11) is 0. The summed E-state index contributed by atoms with van der Waals surface area (Å²) in [4.78, 5) is 28.9. The molecule has 1 aromatic heterocycles. The average Bonchev–Trinajstić information content (AvgIpc) is 3.39. The maximum absolute atomic E-state index is 15.2. The topological polar surface area (TPSA) is 54.8 Å². The van der Waals surface area contributed by atoms with Crippen molar-refractivity contribution in [2.45, 2.75) is 64.5 Å². The standard InChI is InChI=1S/C25H31F2N3O3/c1-23(2,3)33-22(32)29-15-24(25(26,27)16-29)10-13-28(14-11-24)21(31)20-17-7-4-5-8-18(17)30-12-6-9-19(20)30/h4-5,7-8H,6,9-16H2,1-3H3. The average molecular weight is 460 g/mol. The van der Waals surface area contributed by atoms with Crippen LogP contribution in [0.5, 0.6) is 0 Å². The molecule has 2 saturated heterocycles. The van der Waals surface area contributed by atoms with Crippen molar-refractivity contribution in [3.63, 3.8) is 0 Å². The Morgan fingerprint density at radius 2 is 1.70 bits per heavy atom. The first-order chi connectivity index (χ1) is 15.5. The summed E-state index contributed by atoms with van der Waals surface area (Å²) in [6, 6.07) is 7.93. The highest BCUT2D eigenvalue weighted by molar-refractivity contribution is 6.08. The molecule has 0 N–H and O–H groups in total. The number of alkyl halides is 2. The second kappa shape index (κ2) is 7.43. The number of fused-ring (bicyclic) bond motifs is 3. The lowest BCUT2D eigenvalue weighted by atomic mass is 9.75. The molecule has 178 valence electrons. The van der Waals surface area contributed by atoms with E-state index in [-0.39, 0.29) is 38.4 Å². The van der Waals surface area contributed by atoms with Crippen molar-refractivity contribution >= 4 is 22.9 Å². The van der Waals surface area contributed by atoms with E-state index >= 15 is 8.78 Å². The van der Waals surface area contributed by atoms with E-state index in [0.717, 1.165) is 46.4 Å². The van der Waals surface area contributed by atoms with E-state index in [4.69, 9.17) is 4.74 Å². The number of hydrogen-bond donors (Lipinski definition) is 0. The summed E-state index contributed by atoms with van der Waals surface area (Å²) >= 11 is 0. The normalized spacial score (nSPS) is 21.6. The van der Waals surface area contributed by atoms with Crippen LogP contribution in [0.3, 0.4) is 0 Å². The molecule has 1 aromatic carbocycles. The highest BCUT2D eigenvalue weighted by Gasteiger charge is 2.62. The minimum Gasteiger partial charge on any atom is -0.444 e. The Hall–Kier alpha value is -2.64. The largest absolute Gasteiger partial charge is 0.444 e. The van der Waals surface area contributed by atoms with Gasteiger partial charge in [-0.1, -0.05) is 18.2 Å². The van der Waals surface area contributed by atoms with E-state index in [0.29, 0.717) is 0 Å². The number of halogens is 2. The second-order valence-corrected chi connectivity index (χ2v) is 10.7. The van der Waals surface area contributed by atoms with Crippen molar-refractivity contribution in [3.8, 4) is 0 Å². The summed E-state index contributed by atoms with van der Waals surface area (Å²) in [5.74, 6) is -3.08. The molecule has 0 unspecified atom stereocenters. The number of aryl methyl sites for hydroxylation is 1. The summed E-state index contributed by atoms with van der Waals surface area (Å²) in [6.07, 6.45) is 1.50. The molecule has 4 heterocycles. The Bertz CT molecular complexity index is 1110. The quantitative estimate of drug-likeness (QED) is 0.622. The monoisotopic (exact) mass is 459 g/mol. The van der Waals surface area contributed by atoms with Gasteiger partial charge in [-0.2, -0.15) is 0 Å². The second-order valence-electron chi connectivity index (χ2n) is 10.7. The molecule has 3 aliphatic heterocycles. The van der Waals surface area contributed by atoms with Gasteiger partial charge in [0.2, 0.25) is 0 Å². The number of nitrogens with zero attached hydrogens (tertiary/aromatic N) is 3. The van der Waals surface area contributed by atoms with E-state index in [1.807, 2.05) is 24.3 Å². The first kappa shape index (κ1) is 22.2. The highest BCUT2D eigenvalue weighted by atomic mass is 19.3. The first-order valence-electron chi connectivity index (χ1n) is 11.8. The molecule has 33 heavy (non-hydrogen) atoms. The lowest BCUT2D eigenvalue weighted by Crippen LogP contribution is -2.50. The maximum Gasteiger partial charge on any atom is 0.410 e. The van der Waals surface area contributed by atoms with Gasteiger partial charge in [0.1, 0.15) is 5.60 Å². The lowest BCUT2D eigenvalue weighted by molar-refractivity contribution is -0.106. The number of aromatic nitrogens is 1. The Kier molecular flexibility index (Phi) is 4.99. The third-order valence-corrected chi connectivity index (χ3v) is 7.41. The minimum atomic E-state index is -3.01. The van der Waals surface area contributed by atoms with Crippen LogP contribution in [-0.2, 0) is 17.7 Å². The van der Waals surface area contributed by atoms with Crippen LogP contribution in [0.15, 0.2) is 24.3 Å². The summed E-state index contributed by atoms with van der Waals surface area (Å²) in [5.41, 5.74) is 0.804. The molecule has 0 saturated carbocycles. The summed E-state index contributed by atoms with van der Waals surface area (Å²) in [6.45, 7) is 5.92. The van der Waals surface area contributed by atoms with Gasteiger partial charge in [-0.05, 0) is 52.5 Å². The van der Waals surface area contributed by atoms with Gasteiger partial charge >= 0.3 is 6.09 Å². The third-order valence-electron chi connectivity index (χ3n) is 7.41. The number of likely N-dealkylation sites (tertiary alicyclic amines) is 2. The van der Waals surface area contributed by atoms with E-state index in [2.05, 4.69) is 4.57 Å². The van der Waals surface area contributed by atoms with Crippen LogP contribution >= 0.6 is 0 Å². The van der Waals surface area contributed by atoms with Gasteiger partial charge in [-0.3, -0.25) is 4.79 Å². The van der Waals surface area contributed by atoms with Crippen molar-refractivity contribution in [2.75, 3.05) is 26.2 Å².